The monoisotopic (exact) mass is 637 g/mol. The van der Waals surface area contributed by atoms with Gasteiger partial charge in [0.2, 0.25) is 0 Å². The standard InChI is InChI=1S/C34H39NO11/c1-19-14-15-25(42-20(2)36)33(18-41-30(39)24-13-10-16-35-17-24)29(44-22(4)38)27(43-21(3)37)26-28(34(19,33)46-32(26,5)6)45-31(40)23-11-8-7-9-12-23/h7-13,16-17,19,25-29H,14-15,18H2,1-6H3/t19-,25+,26-,27+,28-,29-,33+,34+/m1/s1. The van der Waals surface area contributed by atoms with Gasteiger partial charge < -0.3 is 28.4 Å². The molecule has 3 aliphatic rings. The van der Waals surface area contributed by atoms with Crippen LogP contribution in [0.2, 0.25) is 0 Å². The van der Waals surface area contributed by atoms with Gasteiger partial charge in [-0.25, -0.2) is 9.59 Å². The predicted octanol–water partition coefficient (Wildman–Crippen LogP) is 3.85. The van der Waals surface area contributed by atoms with Gasteiger partial charge in [0.1, 0.15) is 35.9 Å². The first kappa shape index (κ1) is 33.1. The summed E-state index contributed by atoms with van der Waals surface area (Å²) in [5, 5.41) is 0. The van der Waals surface area contributed by atoms with Gasteiger partial charge in [-0.1, -0.05) is 25.1 Å². The molecule has 0 unspecified atom stereocenters. The zero-order chi connectivity index (χ0) is 33.4. The van der Waals surface area contributed by atoms with Crippen LogP contribution in [0.1, 0.15) is 75.1 Å². The predicted molar refractivity (Wildman–Crippen MR) is 159 cm³/mol. The molecule has 246 valence electrons. The van der Waals surface area contributed by atoms with Crippen molar-refractivity contribution < 1.29 is 52.4 Å². The number of hydrogen-bond donors (Lipinski definition) is 0. The first-order chi connectivity index (χ1) is 21.7. The van der Waals surface area contributed by atoms with Gasteiger partial charge in [0, 0.05) is 33.2 Å². The van der Waals surface area contributed by atoms with Gasteiger partial charge >= 0.3 is 29.8 Å². The molecule has 1 aromatic carbocycles. The Morgan fingerprint density at radius 3 is 2.07 bits per heavy atom. The second-order valence-corrected chi connectivity index (χ2v) is 12.8. The van der Waals surface area contributed by atoms with E-state index >= 15 is 0 Å². The lowest BCUT2D eigenvalue weighted by Crippen LogP contribution is -2.79. The van der Waals surface area contributed by atoms with Crippen molar-refractivity contribution in [1.82, 2.24) is 4.98 Å². The smallest absolute Gasteiger partial charge is 0.339 e. The normalized spacial score (nSPS) is 32.3. The third kappa shape index (κ3) is 5.52. The molecule has 2 saturated carbocycles. The summed E-state index contributed by atoms with van der Waals surface area (Å²) >= 11 is 0. The van der Waals surface area contributed by atoms with Gasteiger partial charge in [0.15, 0.2) is 6.10 Å². The van der Waals surface area contributed by atoms with Crippen LogP contribution < -0.4 is 0 Å². The highest BCUT2D eigenvalue weighted by Crippen LogP contribution is 2.68. The van der Waals surface area contributed by atoms with E-state index < -0.39 is 89.3 Å². The molecule has 0 radical (unpaired) electrons. The Morgan fingerprint density at radius 1 is 0.804 bits per heavy atom. The summed E-state index contributed by atoms with van der Waals surface area (Å²) in [7, 11) is 0. The number of benzene rings is 1. The summed E-state index contributed by atoms with van der Waals surface area (Å²) in [6.07, 6.45) is -1.28. The lowest BCUT2D eigenvalue weighted by molar-refractivity contribution is -0.313. The van der Waals surface area contributed by atoms with E-state index in [1.54, 1.807) is 50.2 Å². The van der Waals surface area contributed by atoms with Crippen molar-refractivity contribution in [3.05, 3.63) is 66.0 Å². The Hall–Kier alpha value is -4.32. The number of nitrogens with zero attached hydrogens (tertiary/aromatic N) is 1. The first-order valence-corrected chi connectivity index (χ1v) is 15.3. The number of pyridine rings is 1. The molecule has 0 amide bonds. The molecular weight excluding hydrogens is 598 g/mol. The van der Waals surface area contributed by atoms with Crippen molar-refractivity contribution in [3.8, 4) is 0 Å². The van der Waals surface area contributed by atoms with E-state index in [0.29, 0.717) is 6.42 Å². The first-order valence-electron chi connectivity index (χ1n) is 15.3. The Kier molecular flexibility index (Phi) is 8.96. The molecule has 2 aliphatic carbocycles. The molecule has 1 spiro atoms. The van der Waals surface area contributed by atoms with Crippen LogP contribution in [-0.4, -0.2) is 77.1 Å². The summed E-state index contributed by atoms with van der Waals surface area (Å²) in [5.74, 6) is -4.74. The second-order valence-electron chi connectivity index (χ2n) is 12.8. The van der Waals surface area contributed by atoms with E-state index in [4.69, 9.17) is 28.4 Å². The molecular formula is C34H39NO11. The molecule has 1 aromatic heterocycles. The van der Waals surface area contributed by atoms with Crippen molar-refractivity contribution in [2.75, 3.05) is 6.61 Å². The number of rotatable bonds is 8. The third-order valence-corrected chi connectivity index (χ3v) is 9.53. The molecule has 8 atom stereocenters. The number of ether oxygens (including phenoxy) is 6. The molecule has 12 heteroatoms. The van der Waals surface area contributed by atoms with Crippen LogP contribution in [0.3, 0.4) is 0 Å². The largest absolute Gasteiger partial charge is 0.462 e. The fourth-order valence-electron chi connectivity index (χ4n) is 7.97. The Balaban J connectivity index is 1.77. The summed E-state index contributed by atoms with van der Waals surface area (Å²) in [5.41, 5.74) is -4.01. The molecule has 5 rings (SSSR count). The number of esters is 5. The summed E-state index contributed by atoms with van der Waals surface area (Å²) < 4.78 is 37.4. The minimum absolute atomic E-state index is 0.148. The highest BCUT2D eigenvalue weighted by atomic mass is 16.6. The maximum absolute atomic E-state index is 13.8. The van der Waals surface area contributed by atoms with Crippen molar-refractivity contribution >= 4 is 29.8 Å². The van der Waals surface area contributed by atoms with Crippen molar-refractivity contribution in [3.63, 3.8) is 0 Å². The lowest BCUT2D eigenvalue weighted by Gasteiger charge is -2.63. The van der Waals surface area contributed by atoms with Crippen LogP contribution >= 0.6 is 0 Å². The minimum atomic E-state index is -1.72. The third-order valence-electron chi connectivity index (χ3n) is 9.53. The fraction of sp³-hybridized carbons (Fsp3) is 0.529. The molecule has 12 nitrogen and oxygen atoms in total. The number of carbonyl (C=O) groups is 5. The van der Waals surface area contributed by atoms with Gasteiger partial charge in [-0.05, 0) is 56.9 Å². The highest BCUT2D eigenvalue weighted by Gasteiger charge is 2.84. The number of aromatic nitrogens is 1. The molecule has 3 fully saturated rings. The van der Waals surface area contributed by atoms with Crippen LogP contribution in [0.15, 0.2) is 54.9 Å². The van der Waals surface area contributed by atoms with Crippen LogP contribution in [0.4, 0.5) is 0 Å². The molecule has 46 heavy (non-hydrogen) atoms. The molecule has 0 N–H and O–H groups in total. The second kappa shape index (κ2) is 12.5. The van der Waals surface area contributed by atoms with E-state index in [9.17, 15) is 24.0 Å². The van der Waals surface area contributed by atoms with Crippen LogP contribution in [0.25, 0.3) is 0 Å². The SMILES string of the molecule is CC(=O)O[C@H]1[C@@H]2[C@@H](OC(=O)c3ccccc3)[C@@]3(OC2(C)C)[C@H](C)CC[C@H](OC(C)=O)[C@@]3(COC(=O)c2cccnc2)[C@@H]1OC(C)=O. The average Bonchev–Trinajstić information content (AvgIpc) is 3.20. The Bertz CT molecular complexity index is 1490. The zero-order valence-corrected chi connectivity index (χ0v) is 26.7. The van der Waals surface area contributed by atoms with Crippen molar-refractivity contribution in [2.24, 2.45) is 17.3 Å². The van der Waals surface area contributed by atoms with Crippen LogP contribution in [0, 0.1) is 17.3 Å². The van der Waals surface area contributed by atoms with Crippen LogP contribution in [0.5, 0.6) is 0 Å². The van der Waals surface area contributed by atoms with E-state index in [2.05, 4.69) is 4.98 Å². The maximum Gasteiger partial charge on any atom is 0.339 e. The van der Waals surface area contributed by atoms with Crippen molar-refractivity contribution in [1.29, 1.82) is 0 Å². The Morgan fingerprint density at radius 2 is 1.46 bits per heavy atom. The van der Waals surface area contributed by atoms with Gasteiger partial charge in [0.25, 0.3) is 0 Å². The molecule has 2 bridgehead atoms. The van der Waals surface area contributed by atoms with E-state index in [1.165, 1.54) is 39.2 Å². The van der Waals surface area contributed by atoms with E-state index in [1.807, 2.05) is 6.92 Å². The number of hydrogen-bond acceptors (Lipinski definition) is 12. The highest BCUT2D eigenvalue weighted by molar-refractivity contribution is 5.90. The average molecular weight is 638 g/mol. The van der Waals surface area contributed by atoms with Crippen molar-refractivity contribution in [2.45, 2.75) is 90.0 Å². The summed E-state index contributed by atoms with van der Waals surface area (Å²) in [6.45, 7) is 8.59. The number of carbonyl (C=O) groups excluding carboxylic acids is 5. The number of fused-ring (bicyclic) bond motifs is 1. The topological polar surface area (TPSA) is 154 Å². The fourth-order valence-corrected chi connectivity index (χ4v) is 7.97. The van der Waals surface area contributed by atoms with E-state index in [0.717, 1.165) is 0 Å². The maximum atomic E-state index is 13.8. The Labute approximate surface area is 267 Å². The molecule has 2 aromatic rings. The van der Waals surface area contributed by atoms with E-state index in [-0.39, 0.29) is 17.5 Å². The van der Waals surface area contributed by atoms with Crippen LogP contribution in [-0.2, 0) is 42.8 Å². The van der Waals surface area contributed by atoms with Gasteiger partial charge in [-0.3, -0.25) is 19.4 Å². The lowest BCUT2D eigenvalue weighted by atomic mass is 9.47. The quantitative estimate of drug-likeness (QED) is 0.305. The molecule has 2 heterocycles. The summed E-state index contributed by atoms with van der Waals surface area (Å²) in [6, 6.07) is 11.5. The van der Waals surface area contributed by atoms with Gasteiger partial charge in [-0.15, -0.1) is 0 Å². The zero-order valence-electron chi connectivity index (χ0n) is 26.7. The van der Waals surface area contributed by atoms with Gasteiger partial charge in [-0.2, -0.15) is 0 Å². The molecule has 1 aliphatic heterocycles. The molecule has 1 saturated heterocycles. The van der Waals surface area contributed by atoms with Gasteiger partial charge in [0.05, 0.1) is 22.6 Å². The minimum Gasteiger partial charge on any atom is -0.462 e. The summed E-state index contributed by atoms with van der Waals surface area (Å²) in [4.78, 5) is 69.5.